The number of aromatic nitrogens is 1. The van der Waals surface area contributed by atoms with Gasteiger partial charge in [-0.1, -0.05) is 13.8 Å². The minimum atomic E-state index is -3.31. The van der Waals surface area contributed by atoms with E-state index in [4.69, 9.17) is 0 Å². The maximum absolute atomic E-state index is 11.6. The summed E-state index contributed by atoms with van der Waals surface area (Å²) in [6.45, 7) is 4.61. The minimum absolute atomic E-state index is 0.00743. The Bertz CT molecular complexity index is 524. The summed E-state index contributed by atoms with van der Waals surface area (Å²) in [7, 11) is -3.31. The molecule has 0 saturated heterocycles. The summed E-state index contributed by atoms with van der Waals surface area (Å²) in [5.74, 6) is -0.137. The van der Waals surface area contributed by atoms with E-state index in [1.54, 1.807) is 0 Å². The lowest BCUT2D eigenvalue weighted by Gasteiger charge is -2.08. The predicted octanol–water partition coefficient (Wildman–Crippen LogP) is 0.812. The Hall–Kier alpha value is -1.47. The Balaban J connectivity index is 2.52. The van der Waals surface area contributed by atoms with Crippen LogP contribution in [0.3, 0.4) is 0 Å². The van der Waals surface area contributed by atoms with Gasteiger partial charge in [0.2, 0.25) is 5.91 Å². The summed E-state index contributed by atoms with van der Waals surface area (Å²) < 4.78 is 22.4. The monoisotopic (exact) mass is 285 g/mol. The molecule has 0 spiro atoms. The molecule has 0 radical (unpaired) electrons. The Morgan fingerprint density at radius 1 is 1.37 bits per heavy atom. The Kier molecular flexibility index (Phi) is 5.44. The molecule has 0 fully saturated rings. The second-order valence-corrected chi connectivity index (χ2v) is 6.53. The molecular formula is C12H19N3O3S. The molecule has 1 heterocycles. The third-order valence-electron chi connectivity index (χ3n) is 2.30. The zero-order valence-electron chi connectivity index (χ0n) is 11.3. The molecule has 19 heavy (non-hydrogen) atoms. The van der Waals surface area contributed by atoms with E-state index in [0.717, 1.165) is 6.26 Å². The van der Waals surface area contributed by atoms with Gasteiger partial charge in [-0.2, -0.15) is 0 Å². The van der Waals surface area contributed by atoms with Crippen molar-refractivity contribution in [2.45, 2.75) is 31.3 Å². The zero-order valence-corrected chi connectivity index (χ0v) is 12.1. The molecule has 7 heteroatoms. The largest absolute Gasteiger partial charge is 0.325 e. The number of anilines is 1. The van der Waals surface area contributed by atoms with E-state index < -0.39 is 9.84 Å². The van der Waals surface area contributed by atoms with Gasteiger partial charge in [-0.05, 0) is 12.1 Å². The fourth-order valence-electron chi connectivity index (χ4n) is 1.37. The van der Waals surface area contributed by atoms with E-state index in [1.807, 2.05) is 13.8 Å². The Morgan fingerprint density at radius 2 is 2.05 bits per heavy atom. The molecule has 106 valence electrons. The predicted molar refractivity (Wildman–Crippen MR) is 73.7 cm³/mol. The molecule has 1 amide bonds. The number of hydrogen-bond donors (Lipinski definition) is 2. The highest BCUT2D eigenvalue weighted by atomic mass is 32.2. The minimum Gasteiger partial charge on any atom is -0.325 e. The maximum Gasteiger partial charge on any atom is 0.225 e. The van der Waals surface area contributed by atoms with Crippen molar-refractivity contribution in [3.05, 3.63) is 18.3 Å². The third kappa shape index (κ3) is 5.80. The molecule has 0 aliphatic rings. The topological polar surface area (TPSA) is 88.2 Å². The number of sulfone groups is 1. The first-order valence-electron chi connectivity index (χ1n) is 5.98. The van der Waals surface area contributed by atoms with Crippen LogP contribution in [0.4, 0.5) is 5.69 Å². The van der Waals surface area contributed by atoms with E-state index in [2.05, 4.69) is 15.6 Å². The molecule has 0 aromatic carbocycles. The molecule has 0 aliphatic heterocycles. The van der Waals surface area contributed by atoms with Gasteiger partial charge in [0.1, 0.15) is 0 Å². The normalized spacial score (nSPS) is 11.6. The smallest absolute Gasteiger partial charge is 0.225 e. The molecule has 1 rings (SSSR count). The lowest BCUT2D eigenvalue weighted by molar-refractivity contribution is -0.116. The first-order chi connectivity index (χ1) is 8.79. The summed E-state index contributed by atoms with van der Waals surface area (Å²) in [4.78, 5) is 15.4. The molecule has 0 unspecified atom stereocenters. The van der Waals surface area contributed by atoms with Crippen molar-refractivity contribution in [3.8, 4) is 0 Å². The highest BCUT2D eigenvalue weighted by molar-refractivity contribution is 7.90. The van der Waals surface area contributed by atoms with Crippen molar-refractivity contribution < 1.29 is 13.2 Å². The van der Waals surface area contributed by atoms with Crippen LogP contribution in [0.5, 0.6) is 0 Å². The number of amides is 1. The Labute approximate surface area is 113 Å². The van der Waals surface area contributed by atoms with Crippen molar-refractivity contribution in [2.75, 3.05) is 18.1 Å². The van der Waals surface area contributed by atoms with E-state index in [9.17, 15) is 13.2 Å². The second-order valence-electron chi connectivity index (χ2n) is 4.56. The number of nitrogens with one attached hydrogen (secondary N) is 2. The Morgan fingerprint density at radius 3 is 2.53 bits per heavy atom. The molecule has 1 aromatic heterocycles. The summed E-state index contributed by atoms with van der Waals surface area (Å²) in [5.41, 5.74) is 0.488. The van der Waals surface area contributed by atoms with Crippen LogP contribution in [0, 0.1) is 0 Å². The molecule has 0 aliphatic carbocycles. The lowest BCUT2D eigenvalue weighted by Crippen LogP contribution is -2.27. The lowest BCUT2D eigenvalue weighted by atomic mass is 10.3. The SMILES string of the molecule is CC(C)NCCC(=O)Nc1ccc(S(C)(=O)=O)nc1. The van der Waals surface area contributed by atoms with Crippen molar-refractivity contribution in [3.63, 3.8) is 0 Å². The van der Waals surface area contributed by atoms with Crippen molar-refractivity contribution in [2.24, 2.45) is 0 Å². The second kappa shape index (κ2) is 6.63. The molecule has 6 nitrogen and oxygen atoms in total. The van der Waals surface area contributed by atoms with Crippen LogP contribution in [0.2, 0.25) is 0 Å². The molecule has 0 atom stereocenters. The molecule has 0 bridgehead atoms. The zero-order chi connectivity index (χ0) is 14.5. The number of carbonyl (C=O) groups is 1. The highest BCUT2D eigenvalue weighted by Crippen LogP contribution is 2.10. The summed E-state index contributed by atoms with van der Waals surface area (Å²) in [6.07, 6.45) is 2.78. The van der Waals surface area contributed by atoms with Gasteiger partial charge >= 0.3 is 0 Å². The van der Waals surface area contributed by atoms with Crippen LogP contribution in [0.1, 0.15) is 20.3 Å². The van der Waals surface area contributed by atoms with Crippen LogP contribution in [0.25, 0.3) is 0 Å². The first kappa shape index (κ1) is 15.6. The van der Waals surface area contributed by atoms with Gasteiger partial charge < -0.3 is 10.6 Å². The highest BCUT2D eigenvalue weighted by Gasteiger charge is 2.09. The van der Waals surface area contributed by atoms with Gasteiger partial charge in [-0.3, -0.25) is 4.79 Å². The number of rotatable bonds is 6. The van der Waals surface area contributed by atoms with E-state index in [0.29, 0.717) is 24.7 Å². The quantitative estimate of drug-likeness (QED) is 0.807. The van der Waals surface area contributed by atoms with Gasteiger partial charge in [0, 0.05) is 25.3 Å². The number of carbonyl (C=O) groups excluding carboxylic acids is 1. The number of pyridine rings is 1. The van der Waals surface area contributed by atoms with Crippen LogP contribution >= 0.6 is 0 Å². The molecule has 1 aromatic rings. The van der Waals surface area contributed by atoms with Gasteiger partial charge in [0.15, 0.2) is 14.9 Å². The van der Waals surface area contributed by atoms with Gasteiger partial charge in [0.05, 0.1) is 11.9 Å². The van der Waals surface area contributed by atoms with E-state index in [-0.39, 0.29) is 10.9 Å². The van der Waals surface area contributed by atoms with Crippen LogP contribution in [-0.2, 0) is 14.6 Å². The van der Waals surface area contributed by atoms with Gasteiger partial charge in [-0.25, -0.2) is 13.4 Å². The number of nitrogens with zero attached hydrogens (tertiary/aromatic N) is 1. The maximum atomic E-state index is 11.6. The third-order valence-corrected chi connectivity index (χ3v) is 3.31. The average molecular weight is 285 g/mol. The standard InChI is InChI=1S/C12H19N3O3S/c1-9(2)13-7-6-11(16)15-10-4-5-12(14-8-10)19(3,17)18/h4-5,8-9,13H,6-7H2,1-3H3,(H,15,16). The van der Waals surface area contributed by atoms with Crippen molar-refractivity contribution >= 4 is 21.4 Å². The van der Waals surface area contributed by atoms with Gasteiger partial charge in [0.25, 0.3) is 0 Å². The molecular weight excluding hydrogens is 266 g/mol. The molecule has 2 N–H and O–H groups in total. The summed E-state index contributed by atoms with van der Waals surface area (Å²) in [6, 6.07) is 3.23. The number of hydrogen-bond acceptors (Lipinski definition) is 5. The van der Waals surface area contributed by atoms with Gasteiger partial charge in [-0.15, -0.1) is 0 Å². The van der Waals surface area contributed by atoms with Crippen LogP contribution < -0.4 is 10.6 Å². The van der Waals surface area contributed by atoms with Crippen molar-refractivity contribution in [1.29, 1.82) is 0 Å². The van der Waals surface area contributed by atoms with Crippen LogP contribution in [0.15, 0.2) is 23.4 Å². The van der Waals surface area contributed by atoms with Crippen molar-refractivity contribution in [1.82, 2.24) is 10.3 Å². The van der Waals surface area contributed by atoms with Crippen LogP contribution in [-0.4, -0.2) is 38.2 Å². The fourth-order valence-corrected chi connectivity index (χ4v) is 1.93. The average Bonchev–Trinajstić information content (AvgIpc) is 2.27. The summed E-state index contributed by atoms with van der Waals surface area (Å²) in [5, 5.41) is 5.79. The molecule has 0 saturated carbocycles. The first-order valence-corrected chi connectivity index (χ1v) is 7.87. The summed E-state index contributed by atoms with van der Waals surface area (Å²) >= 11 is 0. The van der Waals surface area contributed by atoms with E-state index in [1.165, 1.54) is 18.3 Å². The fraction of sp³-hybridized carbons (Fsp3) is 0.500. The van der Waals surface area contributed by atoms with E-state index >= 15 is 0 Å².